The molecule has 0 saturated heterocycles. The van der Waals surface area contributed by atoms with Crippen LogP contribution in [0.2, 0.25) is 0 Å². The van der Waals surface area contributed by atoms with Gasteiger partial charge in [0.15, 0.2) is 11.5 Å². The number of benzene rings is 1. The van der Waals surface area contributed by atoms with E-state index in [1.54, 1.807) is 6.07 Å². The Morgan fingerprint density at radius 1 is 1.28 bits per heavy atom. The third-order valence-electron chi connectivity index (χ3n) is 2.42. The van der Waals surface area contributed by atoms with Crippen LogP contribution in [0.3, 0.4) is 0 Å². The second-order valence-electron chi connectivity index (χ2n) is 4.16. The molecule has 0 amide bonds. The van der Waals surface area contributed by atoms with Gasteiger partial charge in [-0.2, -0.15) is 0 Å². The van der Waals surface area contributed by atoms with E-state index in [2.05, 4.69) is 0 Å². The first-order chi connectivity index (χ1) is 8.41. The van der Waals surface area contributed by atoms with Gasteiger partial charge in [0.2, 0.25) is 0 Å². The number of phenolic OH excluding ortho intramolecular Hbond substituents is 2. The first-order valence-electron chi connectivity index (χ1n) is 5.50. The highest BCUT2D eigenvalue weighted by atomic mass is 16.4. The average molecular weight is 248 g/mol. The Bertz CT molecular complexity index is 509. The molecule has 0 atom stereocenters. The van der Waals surface area contributed by atoms with Crippen LogP contribution < -0.4 is 0 Å². The Morgan fingerprint density at radius 3 is 2.50 bits per heavy atom. The van der Waals surface area contributed by atoms with Crippen molar-refractivity contribution in [1.82, 2.24) is 0 Å². The number of hydrogen-bond acceptors (Lipinski definition) is 3. The summed E-state index contributed by atoms with van der Waals surface area (Å²) >= 11 is 0. The zero-order chi connectivity index (χ0) is 13.7. The third-order valence-corrected chi connectivity index (χ3v) is 2.42. The molecule has 1 rings (SSSR count). The normalized spacial score (nSPS) is 10.6. The van der Waals surface area contributed by atoms with E-state index in [4.69, 9.17) is 5.11 Å². The summed E-state index contributed by atoms with van der Waals surface area (Å²) in [4.78, 5) is 10.5. The fourth-order valence-corrected chi connectivity index (χ4v) is 1.48. The SMILES string of the molecule is CC(C)=CCc1c(C=CC(=O)O)ccc(O)c1O. The van der Waals surface area contributed by atoms with Gasteiger partial charge in [-0.1, -0.05) is 17.7 Å². The van der Waals surface area contributed by atoms with Crippen LogP contribution in [0.1, 0.15) is 25.0 Å². The lowest BCUT2D eigenvalue weighted by Gasteiger charge is -2.08. The molecule has 3 N–H and O–H groups in total. The summed E-state index contributed by atoms with van der Waals surface area (Å²) < 4.78 is 0. The predicted octanol–water partition coefficient (Wildman–Crippen LogP) is 2.70. The molecule has 1 aromatic rings. The summed E-state index contributed by atoms with van der Waals surface area (Å²) in [6.45, 7) is 3.85. The maximum absolute atomic E-state index is 10.5. The standard InChI is InChI=1S/C14H16O4/c1-9(2)3-6-11-10(5-8-13(16)17)4-7-12(15)14(11)18/h3-5,7-8,15,18H,6H2,1-2H3,(H,16,17). The molecule has 0 aliphatic heterocycles. The van der Waals surface area contributed by atoms with Gasteiger partial charge >= 0.3 is 5.97 Å². The van der Waals surface area contributed by atoms with Gasteiger partial charge in [-0.05, 0) is 38.0 Å². The molecule has 4 heteroatoms. The second-order valence-corrected chi connectivity index (χ2v) is 4.16. The van der Waals surface area contributed by atoms with Gasteiger partial charge in [0, 0.05) is 11.6 Å². The molecule has 0 fully saturated rings. The summed E-state index contributed by atoms with van der Waals surface area (Å²) in [5, 5.41) is 27.8. The van der Waals surface area contributed by atoms with Crippen LogP contribution in [0.15, 0.2) is 29.9 Å². The fraction of sp³-hybridized carbons (Fsp3) is 0.214. The molecular formula is C14H16O4. The number of carboxylic acid groups (broad SMARTS) is 1. The van der Waals surface area contributed by atoms with Crippen molar-refractivity contribution in [3.63, 3.8) is 0 Å². The molecule has 0 saturated carbocycles. The van der Waals surface area contributed by atoms with Crippen LogP contribution in [-0.2, 0) is 11.2 Å². The first kappa shape index (κ1) is 13.8. The number of aromatic hydroxyl groups is 2. The number of phenols is 2. The number of carboxylic acids is 1. The number of rotatable bonds is 4. The van der Waals surface area contributed by atoms with Crippen LogP contribution in [0.25, 0.3) is 6.08 Å². The van der Waals surface area contributed by atoms with Gasteiger partial charge < -0.3 is 15.3 Å². The van der Waals surface area contributed by atoms with Crippen LogP contribution in [-0.4, -0.2) is 21.3 Å². The molecule has 0 bridgehead atoms. The molecule has 0 aliphatic rings. The van der Waals surface area contributed by atoms with Gasteiger partial charge in [-0.25, -0.2) is 4.79 Å². The Morgan fingerprint density at radius 2 is 1.94 bits per heavy atom. The van der Waals surface area contributed by atoms with Crippen molar-refractivity contribution in [3.8, 4) is 11.5 Å². The maximum Gasteiger partial charge on any atom is 0.328 e. The van der Waals surface area contributed by atoms with Crippen molar-refractivity contribution in [2.45, 2.75) is 20.3 Å². The zero-order valence-electron chi connectivity index (χ0n) is 10.3. The molecule has 0 spiro atoms. The third kappa shape index (κ3) is 3.66. The lowest BCUT2D eigenvalue weighted by molar-refractivity contribution is -0.131. The zero-order valence-corrected chi connectivity index (χ0v) is 10.3. The minimum absolute atomic E-state index is 0.208. The van der Waals surface area contributed by atoms with Crippen molar-refractivity contribution >= 4 is 12.0 Å². The Labute approximate surface area is 106 Å². The van der Waals surface area contributed by atoms with Crippen molar-refractivity contribution in [2.24, 2.45) is 0 Å². The van der Waals surface area contributed by atoms with Gasteiger partial charge in [-0.15, -0.1) is 0 Å². The van der Waals surface area contributed by atoms with E-state index in [-0.39, 0.29) is 11.5 Å². The quantitative estimate of drug-likeness (QED) is 0.435. The van der Waals surface area contributed by atoms with Crippen LogP contribution in [0.4, 0.5) is 0 Å². The molecule has 4 nitrogen and oxygen atoms in total. The highest BCUT2D eigenvalue weighted by molar-refractivity contribution is 5.86. The lowest BCUT2D eigenvalue weighted by Crippen LogP contribution is -1.91. The summed E-state index contributed by atoms with van der Waals surface area (Å²) in [5.74, 6) is -1.48. The van der Waals surface area contributed by atoms with E-state index in [0.29, 0.717) is 17.5 Å². The molecule has 0 aromatic heterocycles. The highest BCUT2D eigenvalue weighted by Gasteiger charge is 2.09. The minimum Gasteiger partial charge on any atom is -0.504 e. The van der Waals surface area contributed by atoms with Crippen LogP contribution in [0, 0.1) is 0 Å². The summed E-state index contributed by atoms with van der Waals surface area (Å²) in [5.41, 5.74) is 2.16. The van der Waals surface area contributed by atoms with Crippen molar-refractivity contribution < 1.29 is 20.1 Å². The van der Waals surface area contributed by atoms with Gasteiger partial charge in [0.25, 0.3) is 0 Å². The predicted molar refractivity (Wildman–Crippen MR) is 69.6 cm³/mol. The van der Waals surface area contributed by atoms with E-state index < -0.39 is 5.97 Å². The monoisotopic (exact) mass is 248 g/mol. The molecule has 18 heavy (non-hydrogen) atoms. The van der Waals surface area contributed by atoms with E-state index in [9.17, 15) is 15.0 Å². The van der Waals surface area contributed by atoms with Crippen LogP contribution in [0.5, 0.6) is 11.5 Å². The molecule has 0 aliphatic carbocycles. The van der Waals surface area contributed by atoms with Crippen molar-refractivity contribution in [1.29, 1.82) is 0 Å². The van der Waals surface area contributed by atoms with Gasteiger partial charge in [0.05, 0.1) is 0 Å². The highest BCUT2D eigenvalue weighted by Crippen LogP contribution is 2.32. The van der Waals surface area contributed by atoms with Crippen molar-refractivity contribution in [3.05, 3.63) is 41.0 Å². The van der Waals surface area contributed by atoms with E-state index in [1.165, 1.54) is 12.1 Å². The summed E-state index contributed by atoms with van der Waals surface area (Å²) in [7, 11) is 0. The van der Waals surface area contributed by atoms with Gasteiger partial charge in [0.1, 0.15) is 0 Å². The van der Waals surface area contributed by atoms with Crippen molar-refractivity contribution in [2.75, 3.05) is 0 Å². The molecule has 96 valence electrons. The number of allylic oxidation sites excluding steroid dienone is 2. The van der Waals surface area contributed by atoms with E-state index in [0.717, 1.165) is 11.6 Å². The van der Waals surface area contributed by atoms with E-state index >= 15 is 0 Å². The van der Waals surface area contributed by atoms with Crippen LogP contribution >= 0.6 is 0 Å². The lowest BCUT2D eigenvalue weighted by atomic mass is 10.0. The number of aliphatic carboxylic acids is 1. The Hall–Kier alpha value is -2.23. The fourth-order valence-electron chi connectivity index (χ4n) is 1.48. The summed E-state index contributed by atoms with van der Waals surface area (Å²) in [6.07, 6.45) is 4.72. The largest absolute Gasteiger partial charge is 0.504 e. The van der Waals surface area contributed by atoms with E-state index in [1.807, 2.05) is 19.9 Å². The molecule has 1 aromatic carbocycles. The number of carbonyl (C=O) groups is 1. The maximum atomic E-state index is 10.5. The number of hydrogen-bond donors (Lipinski definition) is 3. The molecule has 0 heterocycles. The Balaban J connectivity index is 3.21. The Kier molecular flexibility index (Phi) is 4.54. The van der Waals surface area contributed by atoms with Gasteiger partial charge in [-0.3, -0.25) is 0 Å². The smallest absolute Gasteiger partial charge is 0.328 e. The minimum atomic E-state index is -1.06. The second kappa shape index (κ2) is 5.91. The topological polar surface area (TPSA) is 77.8 Å². The first-order valence-corrected chi connectivity index (χ1v) is 5.50. The molecule has 0 radical (unpaired) electrons. The molecule has 0 unspecified atom stereocenters. The molecular weight excluding hydrogens is 232 g/mol. The summed E-state index contributed by atoms with van der Waals surface area (Å²) in [6, 6.07) is 2.91. The average Bonchev–Trinajstić information content (AvgIpc) is 2.29.